The maximum absolute atomic E-state index is 15.9. The summed E-state index contributed by atoms with van der Waals surface area (Å²) in [6.07, 6.45) is 4.12. The number of amides is 4. The molecule has 294 valence electrons. The summed E-state index contributed by atoms with van der Waals surface area (Å²) >= 11 is 0. The highest BCUT2D eigenvalue weighted by Gasteiger charge is 2.46. The normalized spacial score (nSPS) is 26.1. The number of carbonyl (C=O) groups excluding carboxylic acids is 4. The molecule has 0 spiro atoms. The van der Waals surface area contributed by atoms with Crippen molar-refractivity contribution in [2.24, 2.45) is 5.92 Å². The van der Waals surface area contributed by atoms with Crippen molar-refractivity contribution in [1.82, 2.24) is 30.2 Å². The van der Waals surface area contributed by atoms with Crippen LogP contribution in [-0.2, 0) is 9.59 Å². The smallest absolute Gasteiger partial charge is 0.264 e. The van der Waals surface area contributed by atoms with E-state index in [1.165, 1.54) is 0 Å². The van der Waals surface area contributed by atoms with Gasteiger partial charge in [0.1, 0.15) is 18.0 Å². The number of phenolic OH excluding ortho intramolecular Hbond substituents is 1. The van der Waals surface area contributed by atoms with Gasteiger partial charge in [-0.3, -0.25) is 34.3 Å². The molecule has 1 aromatic heterocycles. The third kappa shape index (κ3) is 6.74. The minimum Gasteiger partial charge on any atom is -0.507 e. The summed E-state index contributed by atoms with van der Waals surface area (Å²) in [5.74, 6) is -0.510. The molecule has 4 fully saturated rings. The van der Waals surface area contributed by atoms with Crippen molar-refractivity contribution in [1.29, 1.82) is 0 Å². The third-order valence-electron chi connectivity index (χ3n) is 12.8. The molecule has 3 N–H and O–H groups in total. The van der Waals surface area contributed by atoms with E-state index in [1.54, 1.807) is 24.3 Å². The second-order valence-corrected chi connectivity index (χ2v) is 16.1. The monoisotopic (exact) mass is 765 g/mol. The number of phenols is 1. The van der Waals surface area contributed by atoms with Gasteiger partial charge in [-0.2, -0.15) is 0 Å². The highest BCUT2D eigenvalue weighted by atomic mass is 19.1. The van der Waals surface area contributed by atoms with Crippen molar-refractivity contribution in [3.63, 3.8) is 0 Å². The van der Waals surface area contributed by atoms with E-state index < -0.39 is 35.8 Å². The van der Waals surface area contributed by atoms with Crippen molar-refractivity contribution in [3.8, 4) is 17.0 Å². The van der Waals surface area contributed by atoms with E-state index in [9.17, 15) is 24.3 Å². The summed E-state index contributed by atoms with van der Waals surface area (Å²) in [7, 11) is 0. The number of likely N-dealkylation sites (tertiary alicyclic amines) is 1. The largest absolute Gasteiger partial charge is 0.507 e. The van der Waals surface area contributed by atoms with E-state index in [4.69, 9.17) is 0 Å². The first-order valence-electron chi connectivity index (χ1n) is 20.1. The van der Waals surface area contributed by atoms with Crippen molar-refractivity contribution in [2.75, 3.05) is 74.0 Å². The standard InChI is InChI=1S/C41H48FN9O5/c42-29-24-47(16-14-31(29)49-19-20-50-26(23-49)22-43-38-34(50)21-30(45-46-38)27-6-1-2-9-35(27)52)15-4-5-25-12-17-48(18-13-25)32-8-3-7-28-37(32)41(56)51(40(28)55)33-10-11-36(53)44-39(33)54/h1-3,6-9,21,25-26,29,31,33,52H,4-5,10-20,22-24H2,(H,43,46)(H,44,53,54)/t26-,29?,31?,33?/m0/s1. The third-order valence-corrected chi connectivity index (χ3v) is 12.8. The number of para-hydroxylation sites is 1. The fraction of sp³-hybridized carbons (Fsp3) is 0.512. The SMILES string of the molecule is O=C1CCC(N2C(=O)c3cccc(N4CCC(CCCN5CCC(N6CCN7c8cc(-c9ccccc9O)nnc8NC[C@H]7C6)C(F)C5)CC4)c3C2=O)C(=O)N1. The summed E-state index contributed by atoms with van der Waals surface area (Å²) in [6.45, 7) is 6.80. The van der Waals surface area contributed by atoms with E-state index in [2.05, 4.69) is 40.4 Å². The first-order valence-corrected chi connectivity index (χ1v) is 20.1. The zero-order valence-electron chi connectivity index (χ0n) is 31.4. The van der Waals surface area contributed by atoms with Crippen molar-refractivity contribution in [2.45, 2.75) is 69.2 Å². The van der Waals surface area contributed by atoms with Crippen LogP contribution in [0.25, 0.3) is 11.3 Å². The van der Waals surface area contributed by atoms with Crippen LogP contribution in [0.3, 0.4) is 0 Å². The summed E-state index contributed by atoms with van der Waals surface area (Å²) in [5, 5.41) is 24.9. The van der Waals surface area contributed by atoms with Crippen LogP contribution in [-0.4, -0.2) is 137 Å². The Morgan fingerprint density at radius 3 is 2.46 bits per heavy atom. The zero-order chi connectivity index (χ0) is 38.5. The molecule has 6 aliphatic heterocycles. The summed E-state index contributed by atoms with van der Waals surface area (Å²) < 4.78 is 15.9. The Hall–Kier alpha value is -5.15. The molecule has 56 heavy (non-hydrogen) atoms. The Kier molecular flexibility index (Phi) is 9.82. The van der Waals surface area contributed by atoms with Crippen LogP contribution in [0.4, 0.5) is 21.6 Å². The van der Waals surface area contributed by atoms with Gasteiger partial charge in [-0.15, -0.1) is 10.2 Å². The minimum atomic E-state index is -0.982. The molecule has 0 radical (unpaired) electrons. The number of rotatable bonds is 8. The number of fused-ring (bicyclic) bond motifs is 4. The Morgan fingerprint density at radius 1 is 0.839 bits per heavy atom. The first-order chi connectivity index (χ1) is 27.2. The van der Waals surface area contributed by atoms with Crippen LogP contribution in [0.1, 0.15) is 65.7 Å². The molecule has 3 aromatic rings. The summed E-state index contributed by atoms with van der Waals surface area (Å²) in [4.78, 5) is 61.3. The lowest BCUT2D eigenvalue weighted by Gasteiger charge is -2.49. The van der Waals surface area contributed by atoms with Gasteiger partial charge in [0.05, 0.1) is 34.2 Å². The quantitative estimate of drug-likeness (QED) is 0.289. The van der Waals surface area contributed by atoms with E-state index in [0.717, 1.165) is 107 Å². The second kappa shape index (κ2) is 15.1. The van der Waals surface area contributed by atoms with Gasteiger partial charge < -0.3 is 25.1 Å². The van der Waals surface area contributed by atoms with Crippen LogP contribution in [0.2, 0.25) is 0 Å². The maximum Gasteiger partial charge on any atom is 0.264 e. The van der Waals surface area contributed by atoms with E-state index in [1.807, 2.05) is 24.3 Å². The molecule has 4 amide bonds. The number of alkyl halides is 1. The van der Waals surface area contributed by atoms with Gasteiger partial charge in [-0.25, -0.2) is 4.39 Å². The zero-order valence-corrected chi connectivity index (χ0v) is 31.4. The molecule has 4 saturated heterocycles. The van der Waals surface area contributed by atoms with Gasteiger partial charge in [0.15, 0.2) is 5.82 Å². The minimum absolute atomic E-state index is 0.0889. The summed E-state index contributed by atoms with van der Waals surface area (Å²) in [5.41, 5.74) is 3.63. The second-order valence-electron chi connectivity index (χ2n) is 16.1. The first kappa shape index (κ1) is 36.5. The van der Waals surface area contributed by atoms with Crippen LogP contribution in [0, 0.1) is 5.92 Å². The Bertz CT molecular complexity index is 2040. The van der Waals surface area contributed by atoms with Crippen LogP contribution < -0.4 is 20.4 Å². The fourth-order valence-corrected chi connectivity index (χ4v) is 9.83. The molecule has 2 aromatic carbocycles. The molecule has 9 rings (SSSR count). The molecule has 6 aliphatic rings. The van der Waals surface area contributed by atoms with Crippen molar-refractivity contribution < 1.29 is 28.7 Å². The molecule has 4 atom stereocenters. The number of aromatic nitrogens is 2. The number of anilines is 3. The van der Waals surface area contributed by atoms with Gasteiger partial charge in [0.2, 0.25) is 11.8 Å². The van der Waals surface area contributed by atoms with Gasteiger partial charge in [-0.1, -0.05) is 18.2 Å². The summed E-state index contributed by atoms with van der Waals surface area (Å²) in [6, 6.07) is 13.6. The van der Waals surface area contributed by atoms with E-state index in [-0.39, 0.29) is 30.7 Å². The molecule has 7 heterocycles. The van der Waals surface area contributed by atoms with Crippen LogP contribution in [0.5, 0.6) is 5.75 Å². The Labute approximate surface area is 325 Å². The Morgan fingerprint density at radius 2 is 1.66 bits per heavy atom. The number of imide groups is 2. The number of nitrogens with zero attached hydrogens (tertiary/aromatic N) is 7. The number of aromatic hydroxyl groups is 1. The molecule has 0 saturated carbocycles. The highest BCUT2D eigenvalue weighted by Crippen LogP contribution is 2.38. The predicted molar refractivity (Wildman–Crippen MR) is 207 cm³/mol. The van der Waals surface area contributed by atoms with Gasteiger partial charge in [-0.05, 0) is 87.9 Å². The van der Waals surface area contributed by atoms with Gasteiger partial charge >= 0.3 is 0 Å². The number of benzene rings is 2. The number of nitrogens with one attached hydrogen (secondary N) is 2. The molecule has 0 aliphatic carbocycles. The van der Waals surface area contributed by atoms with E-state index in [0.29, 0.717) is 34.8 Å². The number of hydrogen-bond donors (Lipinski definition) is 3. The number of halogens is 1. The number of piperazine rings is 1. The molecule has 15 heteroatoms. The number of piperidine rings is 3. The molecule has 14 nitrogen and oxygen atoms in total. The average Bonchev–Trinajstić information content (AvgIpc) is 3.46. The molecule has 0 bridgehead atoms. The van der Waals surface area contributed by atoms with Gasteiger partial charge in [0.25, 0.3) is 11.8 Å². The van der Waals surface area contributed by atoms with Crippen LogP contribution >= 0.6 is 0 Å². The van der Waals surface area contributed by atoms with Crippen LogP contribution in [0.15, 0.2) is 48.5 Å². The average molecular weight is 766 g/mol. The fourth-order valence-electron chi connectivity index (χ4n) is 9.83. The van der Waals surface area contributed by atoms with Gasteiger partial charge in [0, 0.05) is 63.8 Å². The lowest BCUT2D eigenvalue weighted by molar-refractivity contribution is -0.136. The highest BCUT2D eigenvalue weighted by molar-refractivity contribution is 6.25. The number of hydrogen-bond acceptors (Lipinski definition) is 12. The van der Waals surface area contributed by atoms with Crippen molar-refractivity contribution >= 4 is 40.8 Å². The lowest BCUT2D eigenvalue weighted by Crippen LogP contribution is -2.63. The molecule has 3 unspecified atom stereocenters. The topological polar surface area (TPSA) is 155 Å². The predicted octanol–water partition coefficient (Wildman–Crippen LogP) is 3.28. The Balaban J connectivity index is 0.737. The number of carbonyl (C=O) groups is 4. The lowest BCUT2D eigenvalue weighted by atomic mass is 9.91. The molecular weight excluding hydrogens is 718 g/mol. The molecular formula is C41H48FN9O5. The maximum atomic E-state index is 15.9. The van der Waals surface area contributed by atoms with Crippen molar-refractivity contribution in [3.05, 3.63) is 59.7 Å². The van der Waals surface area contributed by atoms with E-state index >= 15 is 4.39 Å².